The highest BCUT2D eigenvalue weighted by Crippen LogP contribution is 2.39. The monoisotopic (exact) mass is 254 g/mol. The molecule has 96 valence electrons. The summed E-state index contributed by atoms with van der Waals surface area (Å²) >= 11 is 0. The Bertz CT molecular complexity index is 600. The fourth-order valence-electron chi connectivity index (χ4n) is 2.68. The Morgan fingerprint density at radius 2 is 2.05 bits per heavy atom. The Labute approximate surface area is 110 Å². The van der Waals surface area contributed by atoms with Gasteiger partial charge in [0.05, 0.1) is 5.69 Å². The third-order valence-corrected chi connectivity index (χ3v) is 3.62. The van der Waals surface area contributed by atoms with E-state index in [1.807, 2.05) is 18.2 Å². The smallest absolute Gasteiger partial charge is 0.220 e. The number of rotatable bonds is 2. The lowest BCUT2D eigenvalue weighted by Gasteiger charge is -2.27. The molecule has 1 aliphatic rings. The van der Waals surface area contributed by atoms with Gasteiger partial charge in [-0.15, -0.1) is 0 Å². The highest BCUT2D eigenvalue weighted by Gasteiger charge is 2.30. The Morgan fingerprint density at radius 1 is 1.26 bits per heavy atom. The van der Waals surface area contributed by atoms with Crippen molar-refractivity contribution in [3.05, 3.63) is 58.3 Å². The van der Waals surface area contributed by atoms with E-state index in [1.54, 1.807) is 6.20 Å². The van der Waals surface area contributed by atoms with Crippen LogP contribution in [0.1, 0.15) is 35.2 Å². The molecule has 1 aliphatic carbocycles. The molecule has 19 heavy (non-hydrogen) atoms. The molecule has 3 rings (SSSR count). The summed E-state index contributed by atoms with van der Waals surface area (Å²) in [5, 5.41) is 3.22. The van der Waals surface area contributed by atoms with Crippen LogP contribution >= 0.6 is 0 Å². The Kier molecular flexibility index (Phi) is 2.95. The summed E-state index contributed by atoms with van der Waals surface area (Å²) in [5.74, 6) is 0.503. The highest BCUT2D eigenvalue weighted by atomic mass is 16.3. The summed E-state index contributed by atoms with van der Waals surface area (Å²) in [6, 6.07) is 9.75. The van der Waals surface area contributed by atoms with Gasteiger partial charge < -0.3 is 5.73 Å². The molecular formula is C14H14N4O. The van der Waals surface area contributed by atoms with Crippen LogP contribution in [0.15, 0.2) is 41.7 Å². The topological polar surface area (TPSA) is 81.2 Å². The van der Waals surface area contributed by atoms with Crippen molar-refractivity contribution in [3.8, 4) is 0 Å². The lowest BCUT2D eigenvalue weighted by molar-refractivity contribution is 0.492. The molecule has 2 unspecified atom stereocenters. The summed E-state index contributed by atoms with van der Waals surface area (Å²) in [7, 11) is 0. The Morgan fingerprint density at radius 3 is 2.79 bits per heavy atom. The number of hydrogen-bond acceptors (Lipinski definition) is 5. The number of benzene rings is 1. The third kappa shape index (κ3) is 2.19. The number of fused-ring (bicyclic) bond motifs is 1. The fourth-order valence-corrected chi connectivity index (χ4v) is 2.68. The van der Waals surface area contributed by atoms with E-state index >= 15 is 0 Å². The van der Waals surface area contributed by atoms with Gasteiger partial charge in [-0.1, -0.05) is 35.5 Å². The fraction of sp³-hybridized carbons (Fsp3) is 0.286. The van der Waals surface area contributed by atoms with Crippen LogP contribution in [0.2, 0.25) is 0 Å². The average Bonchev–Trinajstić information content (AvgIpc) is 2.46. The van der Waals surface area contributed by atoms with Crippen LogP contribution < -0.4 is 5.73 Å². The van der Waals surface area contributed by atoms with E-state index in [9.17, 15) is 4.91 Å². The van der Waals surface area contributed by atoms with Crippen molar-refractivity contribution in [1.82, 2.24) is 9.97 Å². The molecule has 5 heteroatoms. The van der Waals surface area contributed by atoms with E-state index in [4.69, 9.17) is 5.73 Å². The first kappa shape index (κ1) is 11.8. The van der Waals surface area contributed by atoms with Crippen molar-refractivity contribution in [2.45, 2.75) is 24.8 Å². The zero-order valence-electron chi connectivity index (χ0n) is 10.4. The van der Waals surface area contributed by atoms with Gasteiger partial charge in [-0.3, -0.25) is 0 Å². The van der Waals surface area contributed by atoms with Crippen molar-refractivity contribution >= 4 is 5.95 Å². The van der Waals surface area contributed by atoms with Gasteiger partial charge in [0.15, 0.2) is 0 Å². The van der Waals surface area contributed by atoms with E-state index in [0.29, 0.717) is 6.42 Å². The van der Waals surface area contributed by atoms with Crippen LogP contribution in [-0.4, -0.2) is 9.97 Å². The standard InChI is InChI=1S/C14H14N4O/c15-14-16-8-11-12(17-14)6-10(7-13(11)18-19)9-4-2-1-3-5-9/h1-5,8,10,13H,6-7H2,(H2,15,16,17). The lowest BCUT2D eigenvalue weighted by atomic mass is 9.80. The Hall–Kier alpha value is -2.30. The molecule has 1 aromatic carbocycles. The van der Waals surface area contributed by atoms with Gasteiger partial charge in [-0.2, -0.15) is 4.91 Å². The second-order valence-corrected chi connectivity index (χ2v) is 4.80. The molecule has 2 atom stereocenters. The molecule has 2 N–H and O–H groups in total. The summed E-state index contributed by atoms with van der Waals surface area (Å²) < 4.78 is 0. The quantitative estimate of drug-likeness (QED) is 0.835. The van der Waals surface area contributed by atoms with Gasteiger partial charge in [-0.25, -0.2) is 9.97 Å². The molecule has 1 aromatic heterocycles. The Balaban J connectivity index is 1.99. The van der Waals surface area contributed by atoms with Crippen LogP contribution in [0, 0.1) is 4.91 Å². The number of anilines is 1. The van der Waals surface area contributed by atoms with E-state index in [2.05, 4.69) is 27.3 Å². The number of nitrogens with two attached hydrogens (primary N) is 1. The van der Waals surface area contributed by atoms with E-state index in [-0.39, 0.29) is 17.9 Å². The van der Waals surface area contributed by atoms with Crippen molar-refractivity contribution in [2.24, 2.45) is 5.18 Å². The van der Waals surface area contributed by atoms with Crippen molar-refractivity contribution in [3.63, 3.8) is 0 Å². The summed E-state index contributed by atoms with van der Waals surface area (Å²) in [6.07, 6.45) is 3.11. The van der Waals surface area contributed by atoms with Crippen molar-refractivity contribution in [1.29, 1.82) is 0 Å². The maximum atomic E-state index is 11.0. The van der Waals surface area contributed by atoms with Gasteiger partial charge in [0.2, 0.25) is 5.95 Å². The minimum Gasteiger partial charge on any atom is -0.368 e. The molecule has 0 amide bonds. The zero-order chi connectivity index (χ0) is 13.2. The lowest BCUT2D eigenvalue weighted by Crippen LogP contribution is -2.19. The molecule has 0 fully saturated rings. The second-order valence-electron chi connectivity index (χ2n) is 4.80. The minimum absolute atomic E-state index is 0.247. The molecule has 1 heterocycles. The van der Waals surface area contributed by atoms with Crippen LogP contribution in [0.3, 0.4) is 0 Å². The van der Waals surface area contributed by atoms with Crippen LogP contribution in [0.5, 0.6) is 0 Å². The molecule has 0 aliphatic heterocycles. The maximum absolute atomic E-state index is 11.0. The summed E-state index contributed by atoms with van der Waals surface area (Å²) in [6.45, 7) is 0. The highest BCUT2D eigenvalue weighted by molar-refractivity contribution is 5.34. The van der Waals surface area contributed by atoms with Crippen molar-refractivity contribution < 1.29 is 0 Å². The molecule has 0 saturated carbocycles. The van der Waals surface area contributed by atoms with Crippen LogP contribution in [0.4, 0.5) is 5.95 Å². The predicted octanol–water partition coefficient (Wildman–Crippen LogP) is 2.60. The SMILES string of the molecule is Nc1ncc2c(n1)CC(c1ccccc1)CC2N=O. The number of aromatic nitrogens is 2. The van der Waals surface area contributed by atoms with Gasteiger partial charge in [0.1, 0.15) is 6.04 Å². The van der Waals surface area contributed by atoms with Crippen LogP contribution in [0.25, 0.3) is 0 Å². The van der Waals surface area contributed by atoms with Gasteiger partial charge in [0.25, 0.3) is 0 Å². The molecule has 0 bridgehead atoms. The number of nitrogen functional groups attached to an aromatic ring is 1. The maximum Gasteiger partial charge on any atom is 0.220 e. The minimum atomic E-state index is -0.380. The summed E-state index contributed by atoms with van der Waals surface area (Å²) in [5.41, 5.74) is 8.49. The van der Waals surface area contributed by atoms with Crippen molar-refractivity contribution in [2.75, 3.05) is 5.73 Å². The predicted molar refractivity (Wildman–Crippen MR) is 72.5 cm³/mol. The first-order valence-electron chi connectivity index (χ1n) is 6.26. The van der Waals surface area contributed by atoms with Gasteiger partial charge in [-0.05, 0) is 24.3 Å². The van der Waals surface area contributed by atoms with E-state index < -0.39 is 0 Å². The summed E-state index contributed by atoms with van der Waals surface area (Å²) in [4.78, 5) is 19.3. The molecule has 5 nitrogen and oxygen atoms in total. The number of nitroso groups, excluding NO2 is 1. The number of hydrogen-bond donors (Lipinski definition) is 1. The normalized spacial score (nSPS) is 21.7. The molecule has 0 spiro atoms. The van der Waals surface area contributed by atoms with E-state index in [0.717, 1.165) is 17.7 Å². The molecule has 0 radical (unpaired) electrons. The number of nitrogens with zero attached hydrogens (tertiary/aromatic N) is 3. The molecule has 2 aromatic rings. The molecular weight excluding hydrogens is 240 g/mol. The first-order chi connectivity index (χ1) is 9.28. The van der Waals surface area contributed by atoms with Gasteiger partial charge >= 0.3 is 0 Å². The van der Waals surface area contributed by atoms with Gasteiger partial charge in [0, 0.05) is 11.8 Å². The molecule has 0 saturated heterocycles. The van der Waals surface area contributed by atoms with Crippen LogP contribution in [-0.2, 0) is 6.42 Å². The van der Waals surface area contributed by atoms with E-state index in [1.165, 1.54) is 5.56 Å². The second kappa shape index (κ2) is 4.76. The zero-order valence-corrected chi connectivity index (χ0v) is 10.4. The largest absolute Gasteiger partial charge is 0.368 e. The third-order valence-electron chi connectivity index (χ3n) is 3.62. The first-order valence-corrected chi connectivity index (χ1v) is 6.26. The average molecular weight is 254 g/mol.